The molecule has 78 valence electrons. The number of benzene rings is 1. The van der Waals surface area contributed by atoms with Crippen LogP contribution >= 0.6 is 34.8 Å². The normalized spacial score (nSPS) is 9.93. The highest BCUT2D eigenvalue weighted by molar-refractivity contribution is 6.68. The summed E-state index contributed by atoms with van der Waals surface area (Å²) < 4.78 is -1.66. The Bertz CT molecular complexity index is 230. The zero-order chi connectivity index (χ0) is 11.0. The third kappa shape index (κ3) is 11.6. The molecule has 0 saturated carbocycles. The highest BCUT2D eigenvalue weighted by Gasteiger charge is 2.23. The Morgan fingerprint density at radius 1 is 1.00 bits per heavy atom. The fourth-order valence-electron chi connectivity index (χ4n) is 0.556. The number of carbonyl (C=O) groups is 1. The van der Waals surface area contributed by atoms with Crippen LogP contribution in [0.3, 0.4) is 0 Å². The highest BCUT2D eigenvalue weighted by atomic mass is 35.6. The van der Waals surface area contributed by atoms with Gasteiger partial charge in [0.05, 0.1) is 6.42 Å². The monoisotopic (exact) mass is 254 g/mol. The zero-order valence-electron chi connectivity index (χ0n) is 7.16. The van der Waals surface area contributed by atoms with Crippen molar-refractivity contribution < 1.29 is 9.90 Å². The molecule has 1 rings (SSSR count). The van der Waals surface area contributed by atoms with Crippen molar-refractivity contribution in [3.05, 3.63) is 36.4 Å². The summed E-state index contributed by atoms with van der Waals surface area (Å²) in [7, 11) is 0. The lowest BCUT2D eigenvalue weighted by molar-refractivity contribution is -0.136. The van der Waals surface area contributed by atoms with E-state index in [2.05, 4.69) is 0 Å². The maximum atomic E-state index is 9.76. The Balaban J connectivity index is 0.000000249. The molecule has 2 nitrogen and oxygen atoms in total. The second-order valence-electron chi connectivity index (χ2n) is 2.34. The lowest BCUT2D eigenvalue weighted by Gasteiger charge is -2.03. The summed E-state index contributed by atoms with van der Waals surface area (Å²) in [5, 5.41) is 8.00. The van der Waals surface area contributed by atoms with Gasteiger partial charge in [0.25, 0.3) is 0 Å². The number of rotatable bonds is 1. The van der Waals surface area contributed by atoms with Gasteiger partial charge in [0, 0.05) is 0 Å². The third-order valence-electron chi connectivity index (χ3n) is 1.02. The lowest BCUT2D eigenvalue weighted by Crippen LogP contribution is -2.09. The van der Waals surface area contributed by atoms with Crippen molar-refractivity contribution in [2.45, 2.75) is 10.2 Å². The average Bonchev–Trinajstić information content (AvgIpc) is 2.03. The van der Waals surface area contributed by atoms with Crippen LogP contribution < -0.4 is 0 Å². The van der Waals surface area contributed by atoms with Crippen LogP contribution in [0.5, 0.6) is 0 Å². The molecule has 0 unspecified atom stereocenters. The van der Waals surface area contributed by atoms with E-state index < -0.39 is 16.2 Å². The Morgan fingerprint density at radius 3 is 1.36 bits per heavy atom. The second kappa shape index (κ2) is 6.93. The van der Waals surface area contributed by atoms with Gasteiger partial charge in [0.15, 0.2) is 0 Å². The first-order valence-corrected chi connectivity index (χ1v) is 4.84. The SMILES string of the molecule is O=C(O)CC(Cl)(Cl)Cl.c1ccccc1. The molecule has 0 saturated heterocycles. The van der Waals surface area contributed by atoms with Crippen molar-refractivity contribution in [2.75, 3.05) is 0 Å². The minimum Gasteiger partial charge on any atom is -0.481 e. The molecule has 0 spiro atoms. The lowest BCUT2D eigenvalue weighted by atomic mass is 10.4. The van der Waals surface area contributed by atoms with Crippen molar-refractivity contribution in [1.82, 2.24) is 0 Å². The standard InChI is InChI=1S/C6H6.C3H3Cl3O2/c1-2-4-6-5-3-1;4-3(5,6)1-2(7)8/h1-6H;1H2,(H,7,8). The van der Waals surface area contributed by atoms with E-state index in [9.17, 15) is 4.79 Å². The van der Waals surface area contributed by atoms with E-state index in [1.165, 1.54) is 0 Å². The summed E-state index contributed by atoms with van der Waals surface area (Å²) in [5.74, 6) is -1.12. The first kappa shape index (κ1) is 13.6. The van der Waals surface area contributed by atoms with Crippen molar-refractivity contribution in [2.24, 2.45) is 0 Å². The molecule has 0 heterocycles. The van der Waals surface area contributed by atoms with E-state index >= 15 is 0 Å². The fraction of sp³-hybridized carbons (Fsp3) is 0.222. The average molecular weight is 256 g/mol. The number of alkyl halides is 3. The zero-order valence-corrected chi connectivity index (χ0v) is 9.43. The smallest absolute Gasteiger partial charge is 0.307 e. The summed E-state index contributed by atoms with van der Waals surface area (Å²) in [4.78, 5) is 9.76. The maximum absolute atomic E-state index is 9.76. The van der Waals surface area contributed by atoms with Gasteiger partial charge < -0.3 is 5.11 Å². The molecule has 1 aromatic carbocycles. The van der Waals surface area contributed by atoms with Crippen molar-refractivity contribution in [1.29, 1.82) is 0 Å². The van der Waals surface area contributed by atoms with E-state index in [1.807, 2.05) is 36.4 Å². The first-order chi connectivity index (χ1) is 6.42. The predicted molar refractivity (Wildman–Crippen MR) is 59.0 cm³/mol. The van der Waals surface area contributed by atoms with Crippen LogP contribution in [0.1, 0.15) is 6.42 Å². The van der Waals surface area contributed by atoms with Gasteiger partial charge in [-0.3, -0.25) is 4.79 Å². The minimum atomic E-state index is -1.66. The number of halogens is 3. The molecular weight excluding hydrogens is 246 g/mol. The molecule has 1 N–H and O–H groups in total. The van der Waals surface area contributed by atoms with E-state index in [0.29, 0.717) is 0 Å². The summed E-state index contributed by atoms with van der Waals surface area (Å²) in [5.41, 5.74) is 0. The molecule has 5 heteroatoms. The topological polar surface area (TPSA) is 37.3 Å². The summed E-state index contributed by atoms with van der Waals surface area (Å²) in [6.07, 6.45) is -0.461. The fourth-order valence-corrected chi connectivity index (χ4v) is 0.899. The number of carboxylic acid groups (broad SMARTS) is 1. The molecule has 0 aliphatic heterocycles. The highest BCUT2D eigenvalue weighted by Crippen LogP contribution is 2.29. The first-order valence-electron chi connectivity index (χ1n) is 3.70. The number of hydrogen-bond acceptors (Lipinski definition) is 1. The van der Waals surface area contributed by atoms with Gasteiger partial charge in [0.1, 0.15) is 0 Å². The Kier molecular flexibility index (Phi) is 6.71. The molecule has 0 radical (unpaired) electrons. The summed E-state index contributed by atoms with van der Waals surface area (Å²) in [6, 6.07) is 12.0. The van der Waals surface area contributed by atoms with Crippen molar-refractivity contribution >= 4 is 40.8 Å². The van der Waals surface area contributed by atoms with Gasteiger partial charge in [-0.15, -0.1) is 0 Å². The molecule has 0 aliphatic rings. The van der Waals surface area contributed by atoms with Gasteiger partial charge in [-0.1, -0.05) is 71.2 Å². The molecule has 0 bridgehead atoms. The van der Waals surface area contributed by atoms with Gasteiger partial charge in [0.2, 0.25) is 3.79 Å². The molecular formula is C9H9Cl3O2. The van der Waals surface area contributed by atoms with Gasteiger partial charge >= 0.3 is 5.97 Å². The van der Waals surface area contributed by atoms with Crippen molar-refractivity contribution in [3.8, 4) is 0 Å². The Labute approximate surface area is 97.4 Å². The van der Waals surface area contributed by atoms with E-state index in [1.54, 1.807) is 0 Å². The summed E-state index contributed by atoms with van der Waals surface area (Å²) >= 11 is 15.2. The van der Waals surface area contributed by atoms with Crippen LogP contribution in [-0.2, 0) is 4.79 Å². The Hall–Kier alpha value is -0.440. The maximum Gasteiger partial charge on any atom is 0.307 e. The second-order valence-corrected chi connectivity index (χ2v) is 4.86. The molecule has 0 fully saturated rings. The van der Waals surface area contributed by atoms with Crippen LogP contribution in [0.4, 0.5) is 0 Å². The van der Waals surface area contributed by atoms with Gasteiger partial charge in [-0.2, -0.15) is 0 Å². The molecule has 14 heavy (non-hydrogen) atoms. The van der Waals surface area contributed by atoms with Crippen LogP contribution in [0.25, 0.3) is 0 Å². The molecule has 0 amide bonds. The molecule has 0 aliphatic carbocycles. The quantitative estimate of drug-likeness (QED) is 0.780. The number of hydrogen-bond donors (Lipinski definition) is 1. The number of aliphatic carboxylic acids is 1. The van der Waals surface area contributed by atoms with Crippen LogP contribution in [-0.4, -0.2) is 14.9 Å². The largest absolute Gasteiger partial charge is 0.481 e. The molecule has 0 aromatic heterocycles. The van der Waals surface area contributed by atoms with Crippen LogP contribution in [0.2, 0.25) is 0 Å². The molecule has 1 aromatic rings. The molecule has 0 atom stereocenters. The van der Waals surface area contributed by atoms with Crippen molar-refractivity contribution in [3.63, 3.8) is 0 Å². The third-order valence-corrected chi connectivity index (χ3v) is 1.42. The van der Waals surface area contributed by atoms with Gasteiger partial charge in [-0.05, 0) is 0 Å². The van der Waals surface area contributed by atoms with Gasteiger partial charge in [-0.25, -0.2) is 0 Å². The van der Waals surface area contributed by atoms with E-state index in [-0.39, 0.29) is 0 Å². The summed E-state index contributed by atoms with van der Waals surface area (Å²) in [6.45, 7) is 0. The van der Waals surface area contributed by atoms with Crippen LogP contribution in [0.15, 0.2) is 36.4 Å². The predicted octanol–water partition coefficient (Wildman–Crippen LogP) is 3.52. The van der Waals surface area contributed by atoms with E-state index in [4.69, 9.17) is 39.9 Å². The Morgan fingerprint density at radius 2 is 1.29 bits per heavy atom. The van der Waals surface area contributed by atoms with Crippen LogP contribution in [0, 0.1) is 0 Å². The number of carboxylic acids is 1. The minimum absolute atomic E-state index is 0.461. The van der Waals surface area contributed by atoms with E-state index in [0.717, 1.165) is 0 Å².